The predicted octanol–water partition coefficient (Wildman–Crippen LogP) is -2.24. The molecule has 0 fully saturated rings. The first kappa shape index (κ1) is 30.0. The van der Waals surface area contributed by atoms with Crippen LogP contribution in [0.5, 0.6) is 0 Å². The summed E-state index contributed by atoms with van der Waals surface area (Å²) in [6.45, 7) is 0. The third-order valence-electron chi connectivity index (χ3n) is 4.09. The van der Waals surface area contributed by atoms with Crippen LogP contribution in [0, 0.1) is 5.92 Å². The number of rotatable bonds is 18. The molecule has 0 heterocycles. The number of carboxylic acids is 4. The SMILES string of the molecule is NC(CCC(=O)CC(C[Se][Se]CC(NC(=O)CCC(N)C(=O)O)C(=O)O)C(=O)O)C(=O)O. The van der Waals surface area contributed by atoms with Crippen molar-refractivity contribution in [2.75, 3.05) is 0 Å². The van der Waals surface area contributed by atoms with Crippen molar-refractivity contribution >= 4 is 61.8 Å². The Bertz CT molecular complexity index is 648. The molecule has 13 nitrogen and oxygen atoms in total. The van der Waals surface area contributed by atoms with E-state index in [9.17, 15) is 39.0 Å². The maximum atomic E-state index is 11.9. The van der Waals surface area contributed by atoms with Crippen LogP contribution in [0.3, 0.4) is 0 Å². The Labute approximate surface area is 194 Å². The fourth-order valence-electron chi connectivity index (χ4n) is 2.13. The molecule has 0 spiro atoms. The summed E-state index contributed by atoms with van der Waals surface area (Å²) in [4.78, 5) is 67.7. The number of nitrogens with one attached hydrogen (secondary N) is 1. The fourth-order valence-corrected chi connectivity index (χ4v) is 9.56. The molecule has 0 rings (SSSR count). The van der Waals surface area contributed by atoms with Crippen molar-refractivity contribution in [3.63, 3.8) is 0 Å². The minimum absolute atomic E-state index is 0.0903. The zero-order chi connectivity index (χ0) is 24.8. The molecule has 0 aromatic heterocycles. The van der Waals surface area contributed by atoms with Gasteiger partial charge in [0.15, 0.2) is 0 Å². The Morgan fingerprint density at radius 3 is 1.69 bits per heavy atom. The van der Waals surface area contributed by atoms with Crippen LogP contribution < -0.4 is 16.8 Å². The van der Waals surface area contributed by atoms with Crippen molar-refractivity contribution in [1.82, 2.24) is 5.32 Å². The van der Waals surface area contributed by atoms with Gasteiger partial charge in [0, 0.05) is 0 Å². The molecule has 0 aliphatic heterocycles. The second-order valence-electron chi connectivity index (χ2n) is 6.77. The van der Waals surface area contributed by atoms with Crippen molar-refractivity contribution in [2.45, 2.75) is 60.9 Å². The molecule has 4 unspecified atom stereocenters. The van der Waals surface area contributed by atoms with E-state index >= 15 is 0 Å². The molecular formula is C17H27N3O10Se2. The van der Waals surface area contributed by atoms with Crippen molar-refractivity contribution in [1.29, 1.82) is 0 Å². The number of carboxylic acid groups (broad SMARTS) is 4. The number of amides is 1. The predicted molar refractivity (Wildman–Crippen MR) is 111 cm³/mol. The van der Waals surface area contributed by atoms with E-state index in [1.165, 1.54) is 0 Å². The molecule has 1 amide bonds. The Balaban J connectivity index is 4.46. The number of ketones is 1. The van der Waals surface area contributed by atoms with Gasteiger partial charge in [-0.05, 0) is 0 Å². The summed E-state index contributed by atoms with van der Waals surface area (Å²) in [5.74, 6) is -6.97. The molecule has 0 bridgehead atoms. The van der Waals surface area contributed by atoms with E-state index in [4.69, 9.17) is 21.7 Å². The second-order valence-corrected chi connectivity index (χ2v) is 14.3. The standard InChI is InChI=1S/C17H27N3O10Se2/c18-10(15(25)26)2-1-9(21)5-8(14(23)24)6-31-32-7-12(17(29)30)20-13(22)4-3-11(19)16(27)28/h8,10-12H,1-7,18-19H2,(H,20,22)(H,23,24)(H,25,26)(H,27,28)(H,29,30). The first-order valence-corrected chi connectivity index (χ1v) is 16.1. The molecule has 32 heavy (non-hydrogen) atoms. The van der Waals surface area contributed by atoms with Crippen LogP contribution in [0.4, 0.5) is 0 Å². The van der Waals surface area contributed by atoms with E-state index in [2.05, 4.69) is 5.32 Å². The van der Waals surface area contributed by atoms with Gasteiger partial charge in [0.25, 0.3) is 0 Å². The molecule has 9 N–H and O–H groups in total. The van der Waals surface area contributed by atoms with Crippen molar-refractivity contribution in [3.05, 3.63) is 0 Å². The third kappa shape index (κ3) is 13.4. The topological polar surface area (TPSA) is 247 Å². The van der Waals surface area contributed by atoms with Crippen molar-refractivity contribution in [2.24, 2.45) is 17.4 Å². The summed E-state index contributed by atoms with van der Waals surface area (Å²) < 4.78 is 0. The molecule has 4 atom stereocenters. The number of hydrogen-bond donors (Lipinski definition) is 7. The van der Waals surface area contributed by atoms with E-state index in [-0.39, 0.29) is 69.0 Å². The molecule has 0 aliphatic carbocycles. The molecule has 0 aromatic rings. The summed E-state index contributed by atoms with van der Waals surface area (Å²) in [7, 11) is 0. The van der Waals surface area contributed by atoms with Gasteiger partial charge in [-0.3, -0.25) is 0 Å². The number of hydrogen-bond acceptors (Lipinski definition) is 8. The van der Waals surface area contributed by atoms with Crippen LogP contribution in [-0.2, 0) is 28.8 Å². The van der Waals surface area contributed by atoms with Gasteiger partial charge in [-0.1, -0.05) is 0 Å². The van der Waals surface area contributed by atoms with E-state index < -0.39 is 59.6 Å². The van der Waals surface area contributed by atoms with Gasteiger partial charge in [0.05, 0.1) is 0 Å². The number of aliphatic carboxylic acids is 4. The Kier molecular flexibility index (Phi) is 14.7. The van der Waals surface area contributed by atoms with E-state index in [0.717, 1.165) is 0 Å². The van der Waals surface area contributed by atoms with Crippen LogP contribution in [0.15, 0.2) is 0 Å². The summed E-state index contributed by atoms with van der Waals surface area (Å²) in [6.07, 6.45) is -0.887. The Hall–Kier alpha value is -2.02. The van der Waals surface area contributed by atoms with E-state index in [1.807, 2.05) is 0 Å². The number of carbonyl (C=O) groups excluding carboxylic acids is 2. The average Bonchev–Trinajstić information content (AvgIpc) is 2.70. The first-order valence-electron chi connectivity index (χ1n) is 9.33. The van der Waals surface area contributed by atoms with Crippen LogP contribution in [0.1, 0.15) is 32.1 Å². The van der Waals surface area contributed by atoms with Crippen molar-refractivity contribution in [3.8, 4) is 0 Å². The normalized spacial score (nSPS) is 14.6. The molecular weight excluding hydrogens is 564 g/mol. The van der Waals surface area contributed by atoms with E-state index in [0.29, 0.717) is 0 Å². The summed E-state index contributed by atoms with van der Waals surface area (Å²) in [5, 5.41) is 38.5. The average molecular weight is 591 g/mol. The third-order valence-corrected chi connectivity index (χ3v) is 11.3. The van der Waals surface area contributed by atoms with Gasteiger partial charge in [-0.2, -0.15) is 0 Å². The molecule has 0 saturated carbocycles. The second kappa shape index (κ2) is 15.7. The van der Waals surface area contributed by atoms with Crippen LogP contribution in [0.2, 0.25) is 10.6 Å². The van der Waals surface area contributed by atoms with Crippen LogP contribution >= 0.6 is 0 Å². The summed E-state index contributed by atoms with van der Waals surface area (Å²) in [5.41, 5.74) is 10.6. The van der Waals surface area contributed by atoms with E-state index in [1.54, 1.807) is 0 Å². The van der Waals surface area contributed by atoms with Crippen LogP contribution in [0.25, 0.3) is 0 Å². The first-order chi connectivity index (χ1) is 14.8. The van der Waals surface area contributed by atoms with Gasteiger partial charge in [-0.25, -0.2) is 0 Å². The van der Waals surface area contributed by atoms with Gasteiger partial charge >= 0.3 is 195 Å². The Morgan fingerprint density at radius 2 is 1.22 bits per heavy atom. The quantitative estimate of drug-likeness (QED) is 0.0661. The van der Waals surface area contributed by atoms with Gasteiger partial charge in [0.1, 0.15) is 0 Å². The van der Waals surface area contributed by atoms with Gasteiger partial charge < -0.3 is 0 Å². The fraction of sp³-hybridized carbons (Fsp3) is 0.647. The molecule has 0 aromatic carbocycles. The van der Waals surface area contributed by atoms with Gasteiger partial charge in [0.2, 0.25) is 0 Å². The minimum atomic E-state index is -1.27. The molecule has 182 valence electrons. The zero-order valence-corrected chi connectivity index (χ0v) is 20.4. The maximum absolute atomic E-state index is 11.9. The van der Waals surface area contributed by atoms with Gasteiger partial charge in [-0.15, -0.1) is 0 Å². The van der Waals surface area contributed by atoms with Crippen molar-refractivity contribution < 1.29 is 49.2 Å². The monoisotopic (exact) mass is 593 g/mol. The summed E-state index contributed by atoms with van der Waals surface area (Å²) >= 11 is -0.554. The Morgan fingerprint density at radius 1 is 0.719 bits per heavy atom. The summed E-state index contributed by atoms with van der Waals surface area (Å²) in [6, 6.07) is -3.61. The zero-order valence-electron chi connectivity index (χ0n) is 17.0. The van der Waals surface area contributed by atoms with Crippen LogP contribution in [-0.4, -0.2) is 100 Å². The molecule has 0 saturated heterocycles. The number of carbonyl (C=O) groups is 6. The molecule has 15 heteroatoms. The molecule has 0 aliphatic rings. The molecule has 0 radical (unpaired) electrons. The number of nitrogens with two attached hydrogens (primary N) is 2. The number of Topliss-reactive ketones (excluding diaryl/α,β-unsaturated/α-hetero) is 1.